The fraction of sp³-hybridized carbons (Fsp3) is 0.222. The summed E-state index contributed by atoms with van der Waals surface area (Å²) >= 11 is 0. The molecule has 0 N–H and O–H groups in total. The number of aliphatic imine (C=N–C) groups is 1. The molecule has 0 amide bonds. The molecule has 0 bridgehead atoms. The fourth-order valence-corrected chi connectivity index (χ4v) is 1.70. The second-order valence-corrected chi connectivity index (χ2v) is 3.70. The number of hydrogen-bond acceptors (Lipinski definition) is 4. The van der Waals surface area contributed by atoms with Crippen molar-refractivity contribution >= 4 is 20.9 Å². The molecule has 2 heterocycles. The van der Waals surface area contributed by atoms with Crippen LogP contribution in [0.15, 0.2) is 23.5 Å². The van der Waals surface area contributed by atoms with Crippen LogP contribution in [0.25, 0.3) is 0 Å². The fourth-order valence-electron chi connectivity index (χ4n) is 1.36. The minimum Gasteiger partial charge on any atom is -0.341 e. The van der Waals surface area contributed by atoms with Crippen LogP contribution in [-0.2, 0) is 0 Å². The molecule has 76 valence electrons. The molecule has 15 heavy (non-hydrogen) atoms. The lowest BCUT2D eigenvalue weighted by Crippen LogP contribution is -2.30. The second-order valence-electron chi connectivity index (χ2n) is 3.15. The van der Waals surface area contributed by atoms with Gasteiger partial charge in [0.1, 0.15) is 6.07 Å². The van der Waals surface area contributed by atoms with Crippen LogP contribution in [0.1, 0.15) is 11.9 Å². The smallest absolute Gasteiger partial charge is 0.218 e. The summed E-state index contributed by atoms with van der Waals surface area (Å²) in [5, 5.41) is 13.0. The summed E-state index contributed by atoms with van der Waals surface area (Å²) < 4.78 is 1.70. The zero-order valence-electron chi connectivity index (χ0n) is 8.20. The van der Waals surface area contributed by atoms with E-state index in [0.29, 0.717) is 5.56 Å². The van der Waals surface area contributed by atoms with Gasteiger partial charge in [-0.2, -0.15) is 10.4 Å². The molecule has 2 rings (SSSR count). The van der Waals surface area contributed by atoms with Crippen molar-refractivity contribution in [2.24, 2.45) is 4.99 Å². The molecule has 0 fully saturated rings. The van der Waals surface area contributed by atoms with Gasteiger partial charge in [0.15, 0.2) is 0 Å². The Kier molecular flexibility index (Phi) is 2.53. The van der Waals surface area contributed by atoms with Gasteiger partial charge in [-0.15, -0.1) is 0 Å². The molecule has 1 aromatic heterocycles. The van der Waals surface area contributed by atoms with E-state index >= 15 is 0 Å². The topological polar surface area (TPSA) is 57.2 Å². The average molecular weight is 219 g/mol. The van der Waals surface area contributed by atoms with Crippen molar-refractivity contribution < 1.29 is 0 Å². The van der Waals surface area contributed by atoms with Gasteiger partial charge >= 0.3 is 0 Å². The van der Waals surface area contributed by atoms with E-state index in [-0.39, 0.29) is 6.29 Å². The second kappa shape index (κ2) is 3.84. The van der Waals surface area contributed by atoms with Crippen LogP contribution in [0.2, 0.25) is 0 Å². The molecule has 0 aliphatic carbocycles. The molecule has 0 spiro atoms. The van der Waals surface area contributed by atoms with Crippen LogP contribution in [-0.4, -0.2) is 27.9 Å². The van der Waals surface area contributed by atoms with Gasteiger partial charge in [-0.25, -0.2) is 9.67 Å². The van der Waals surface area contributed by atoms with Crippen molar-refractivity contribution in [1.82, 2.24) is 14.7 Å². The predicted octanol–water partition coefficient (Wildman–Crippen LogP) is 0.241. The van der Waals surface area contributed by atoms with E-state index in [2.05, 4.69) is 25.4 Å². The highest BCUT2D eigenvalue weighted by atomic mass is 31.0. The first-order chi connectivity index (χ1) is 7.24. The van der Waals surface area contributed by atoms with Crippen LogP contribution in [0, 0.1) is 11.3 Å². The van der Waals surface area contributed by atoms with Crippen molar-refractivity contribution in [3.8, 4) is 6.07 Å². The first-order valence-electron chi connectivity index (χ1n) is 4.39. The maximum Gasteiger partial charge on any atom is 0.218 e. The number of allylic oxidation sites excluding steroid dienone is 1. The third-order valence-corrected chi connectivity index (χ3v) is 2.74. The predicted molar refractivity (Wildman–Crippen MR) is 60.7 cm³/mol. The number of nitriles is 1. The maximum atomic E-state index is 8.81. The Labute approximate surface area is 89.9 Å². The van der Waals surface area contributed by atoms with E-state index < -0.39 is 0 Å². The molecule has 0 saturated carbocycles. The lowest BCUT2D eigenvalue weighted by atomic mass is 10.4. The first kappa shape index (κ1) is 9.88. The number of rotatable bonds is 1. The van der Waals surface area contributed by atoms with E-state index in [9.17, 15) is 0 Å². The van der Waals surface area contributed by atoms with Crippen LogP contribution in [0.3, 0.4) is 0 Å². The van der Waals surface area contributed by atoms with Gasteiger partial charge in [-0.3, -0.25) is 0 Å². The van der Waals surface area contributed by atoms with Crippen LogP contribution in [0.4, 0.5) is 0 Å². The SMILES string of the molecule is CN1C=CC=NC1n1ncc(C#N)c1P. The van der Waals surface area contributed by atoms with E-state index in [0.717, 1.165) is 5.44 Å². The molecule has 0 radical (unpaired) electrons. The molecule has 5 nitrogen and oxygen atoms in total. The lowest BCUT2D eigenvalue weighted by molar-refractivity contribution is 0.240. The third-order valence-electron chi connectivity index (χ3n) is 2.16. The normalized spacial score (nSPS) is 19.3. The summed E-state index contributed by atoms with van der Waals surface area (Å²) in [6.45, 7) is 0. The molecule has 1 aromatic rings. The Hall–Kier alpha value is -1.66. The van der Waals surface area contributed by atoms with Gasteiger partial charge in [-0.1, -0.05) is 9.24 Å². The highest BCUT2D eigenvalue weighted by Gasteiger charge is 2.18. The number of nitrogens with zero attached hydrogens (tertiary/aromatic N) is 5. The summed E-state index contributed by atoms with van der Waals surface area (Å²) in [6.07, 6.45) is 6.83. The number of aromatic nitrogens is 2. The van der Waals surface area contributed by atoms with Crippen LogP contribution >= 0.6 is 9.24 Å². The van der Waals surface area contributed by atoms with Gasteiger partial charge in [0.05, 0.1) is 17.2 Å². The summed E-state index contributed by atoms with van der Waals surface area (Å²) in [6, 6.07) is 2.08. The Morgan fingerprint density at radius 2 is 2.40 bits per heavy atom. The highest BCUT2D eigenvalue weighted by molar-refractivity contribution is 7.27. The zero-order chi connectivity index (χ0) is 10.8. The number of hydrogen-bond donors (Lipinski definition) is 0. The van der Waals surface area contributed by atoms with Crippen molar-refractivity contribution in [3.63, 3.8) is 0 Å². The van der Waals surface area contributed by atoms with E-state index in [1.807, 2.05) is 24.2 Å². The third kappa shape index (κ3) is 1.64. The summed E-state index contributed by atoms with van der Waals surface area (Å²) in [5.74, 6) is 0. The van der Waals surface area contributed by atoms with E-state index in [1.54, 1.807) is 17.1 Å². The van der Waals surface area contributed by atoms with Crippen molar-refractivity contribution in [2.45, 2.75) is 6.29 Å². The molecular formula is C9H10N5P. The quantitative estimate of drug-likeness (QED) is 0.636. The van der Waals surface area contributed by atoms with Crippen molar-refractivity contribution in [1.29, 1.82) is 5.26 Å². The average Bonchev–Trinajstić information content (AvgIpc) is 2.60. The van der Waals surface area contributed by atoms with Crippen molar-refractivity contribution in [2.75, 3.05) is 7.05 Å². The van der Waals surface area contributed by atoms with Gasteiger partial charge in [0.25, 0.3) is 0 Å². The molecule has 0 aromatic carbocycles. The van der Waals surface area contributed by atoms with E-state index in [4.69, 9.17) is 5.26 Å². The Morgan fingerprint density at radius 1 is 1.60 bits per heavy atom. The zero-order valence-corrected chi connectivity index (χ0v) is 9.35. The largest absolute Gasteiger partial charge is 0.341 e. The van der Waals surface area contributed by atoms with Gasteiger partial charge in [0.2, 0.25) is 6.29 Å². The summed E-state index contributed by atoms with van der Waals surface area (Å²) in [5.41, 5.74) is 1.31. The van der Waals surface area contributed by atoms with Gasteiger partial charge < -0.3 is 4.90 Å². The minimum atomic E-state index is -0.204. The molecule has 2 atom stereocenters. The summed E-state index contributed by atoms with van der Waals surface area (Å²) in [4.78, 5) is 6.20. The minimum absolute atomic E-state index is 0.204. The molecule has 2 unspecified atom stereocenters. The molecule has 6 heteroatoms. The van der Waals surface area contributed by atoms with Gasteiger partial charge in [-0.05, 0) is 6.08 Å². The first-order valence-corrected chi connectivity index (χ1v) is 4.96. The highest BCUT2D eigenvalue weighted by Crippen LogP contribution is 2.15. The summed E-state index contributed by atoms with van der Waals surface area (Å²) in [7, 11) is 4.43. The molecule has 0 saturated heterocycles. The maximum absolute atomic E-state index is 8.81. The van der Waals surface area contributed by atoms with Crippen LogP contribution in [0.5, 0.6) is 0 Å². The van der Waals surface area contributed by atoms with E-state index in [1.165, 1.54) is 0 Å². The molecular weight excluding hydrogens is 209 g/mol. The lowest BCUT2D eigenvalue weighted by Gasteiger charge is -2.26. The Balaban J connectivity index is 2.38. The molecule has 1 aliphatic heterocycles. The Bertz CT molecular complexity index is 467. The standard InChI is InChI=1S/C9H10N5P/c1-13-4-2-3-11-9(13)14-8(15)7(5-10)6-12-14/h2-4,6,9H,15H2,1H3. The monoisotopic (exact) mass is 219 g/mol. The molecule has 1 aliphatic rings. The van der Waals surface area contributed by atoms with Crippen molar-refractivity contribution in [3.05, 3.63) is 24.0 Å². The van der Waals surface area contributed by atoms with Crippen LogP contribution < -0.4 is 5.44 Å². The van der Waals surface area contributed by atoms with Gasteiger partial charge in [0, 0.05) is 19.5 Å². The Morgan fingerprint density at radius 3 is 3.00 bits per heavy atom.